The molecule has 0 aliphatic rings. The van der Waals surface area contributed by atoms with Gasteiger partial charge in [0.2, 0.25) is 0 Å². The fourth-order valence-corrected chi connectivity index (χ4v) is 1.58. The molecule has 16 heavy (non-hydrogen) atoms. The largest absolute Gasteiger partial charge is 0.461 e. The summed E-state index contributed by atoms with van der Waals surface area (Å²) < 4.78 is 8.15. The van der Waals surface area contributed by atoms with E-state index in [2.05, 4.69) is 33.3 Å². The van der Waals surface area contributed by atoms with Crippen LogP contribution >= 0.6 is 22.9 Å². The van der Waals surface area contributed by atoms with E-state index in [-0.39, 0.29) is 5.97 Å². The summed E-state index contributed by atoms with van der Waals surface area (Å²) in [5.74, 6) is -0.113. The molecule has 4 heteroatoms. The highest BCUT2D eigenvalue weighted by Gasteiger charge is 2.02. The highest BCUT2D eigenvalue weighted by atomic mass is 127. The predicted octanol–water partition coefficient (Wildman–Crippen LogP) is 3.68. The summed E-state index contributed by atoms with van der Waals surface area (Å²) in [7, 11) is 0. The van der Waals surface area contributed by atoms with Gasteiger partial charge in [-0.25, -0.2) is 0 Å². The summed E-state index contributed by atoms with van der Waals surface area (Å²) in [5.41, 5.74) is 2.06. The van der Waals surface area contributed by atoms with Crippen molar-refractivity contribution >= 4 is 34.5 Å². The molecule has 0 atom stereocenters. The maximum absolute atomic E-state index is 11.3. The Morgan fingerprint density at radius 2 is 2.06 bits per heavy atom. The monoisotopic (exact) mass is 333 g/mol. The van der Waals surface area contributed by atoms with Crippen LogP contribution in [0.2, 0.25) is 0 Å². The van der Waals surface area contributed by atoms with E-state index < -0.39 is 0 Å². The van der Waals surface area contributed by atoms with Crippen molar-refractivity contribution in [2.45, 2.75) is 32.8 Å². The number of carbonyl (C=O) groups excluding carboxylic acids is 1. The first-order valence-corrected chi connectivity index (χ1v) is 6.45. The van der Waals surface area contributed by atoms with Crippen LogP contribution in [0.1, 0.15) is 31.7 Å². The normalized spacial score (nSPS) is 9.88. The quantitative estimate of drug-likeness (QED) is 0.490. The third kappa shape index (κ3) is 4.83. The number of nitrogens with one attached hydrogen (secondary N) is 1. The molecule has 0 saturated heterocycles. The average Bonchev–Trinajstić information content (AvgIpc) is 2.34. The highest BCUT2D eigenvalue weighted by molar-refractivity contribution is 14.1. The van der Waals surface area contributed by atoms with Crippen LogP contribution in [0.3, 0.4) is 0 Å². The Labute approximate surface area is 110 Å². The molecular weight excluding hydrogens is 317 g/mol. The molecular formula is C12H16INO2. The standard InChI is InChI=1S/C12H16INO2/c1-2-3-4-12(15)16-9-10-5-7-11(14-13)8-6-10/h5-8,14H,2-4,9H2,1H3. The van der Waals surface area contributed by atoms with Crippen molar-refractivity contribution < 1.29 is 9.53 Å². The van der Waals surface area contributed by atoms with E-state index in [0.717, 1.165) is 24.1 Å². The Kier molecular flexibility index (Phi) is 6.22. The minimum atomic E-state index is -0.113. The maximum Gasteiger partial charge on any atom is 0.306 e. The Balaban J connectivity index is 2.33. The van der Waals surface area contributed by atoms with Gasteiger partial charge in [0.1, 0.15) is 6.61 Å². The van der Waals surface area contributed by atoms with E-state index in [1.165, 1.54) is 0 Å². The molecule has 0 spiro atoms. The molecule has 1 N–H and O–H groups in total. The van der Waals surface area contributed by atoms with Crippen LogP contribution in [0, 0.1) is 0 Å². The zero-order valence-corrected chi connectivity index (χ0v) is 11.5. The van der Waals surface area contributed by atoms with Gasteiger partial charge in [-0.05, 0) is 24.1 Å². The van der Waals surface area contributed by atoms with Crippen molar-refractivity contribution in [3.05, 3.63) is 29.8 Å². The van der Waals surface area contributed by atoms with Gasteiger partial charge in [0.05, 0.1) is 22.9 Å². The molecule has 0 fully saturated rings. The van der Waals surface area contributed by atoms with Crippen molar-refractivity contribution in [1.29, 1.82) is 0 Å². The second kappa shape index (κ2) is 7.49. The SMILES string of the molecule is CCCCC(=O)OCc1ccc(NI)cc1. The van der Waals surface area contributed by atoms with E-state index in [9.17, 15) is 4.79 Å². The number of ether oxygens (including phenoxy) is 1. The lowest BCUT2D eigenvalue weighted by Crippen LogP contribution is -2.03. The topological polar surface area (TPSA) is 38.3 Å². The molecule has 1 rings (SSSR count). The van der Waals surface area contributed by atoms with E-state index in [1.807, 2.05) is 24.3 Å². The van der Waals surface area contributed by atoms with Gasteiger partial charge in [-0.2, -0.15) is 0 Å². The molecule has 0 unspecified atom stereocenters. The molecule has 1 aromatic carbocycles. The van der Waals surface area contributed by atoms with Crippen LogP contribution in [0.4, 0.5) is 5.69 Å². The smallest absolute Gasteiger partial charge is 0.306 e. The molecule has 0 aromatic heterocycles. The minimum Gasteiger partial charge on any atom is -0.461 e. The molecule has 0 radical (unpaired) electrons. The number of rotatable bonds is 6. The van der Waals surface area contributed by atoms with Gasteiger partial charge < -0.3 is 8.27 Å². The second-order valence-electron chi connectivity index (χ2n) is 3.56. The van der Waals surface area contributed by atoms with Crippen LogP contribution in [0.25, 0.3) is 0 Å². The summed E-state index contributed by atoms with van der Waals surface area (Å²) in [4.78, 5) is 11.3. The Hall–Kier alpha value is -0.780. The minimum absolute atomic E-state index is 0.113. The number of anilines is 1. The number of benzene rings is 1. The van der Waals surface area contributed by atoms with E-state index in [1.54, 1.807) is 0 Å². The van der Waals surface area contributed by atoms with Gasteiger partial charge >= 0.3 is 5.97 Å². The fraction of sp³-hybridized carbons (Fsp3) is 0.417. The van der Waals surface area contributed by atoms with Crippen LogP contribution in [0.15, 0.2) is 24.3 Å². The lowest BCUT2D eigenvalue weighted by molar-refractivity contribution is -0.145. The van der Waals surface area contributed by atoms with Gasteiger partial charge in [0.25, 0.3) is 0 Å². The van der Waals surface area contributed by atoms with Crippen LogP contribution in [-0.4, -0.2) is 5.97 Å². The van der Waals surface area contributed by atoms with E-state index in [0.29, 0.717) is 13.0 Å². The van der Waals surface area contributed by atoms with Crippen LogP contribution in [0.5, 0.6) is 0 Å². The van der Waals surface area contributed by atoms with Crippen LogP contribution < -0.4 is 3.53 Å². The lowest BCUT2D eigenvalue weighted by Gasteiger charge is -2.05. The number of carbonyl (C=O) groups is 1. The first kappa shape index (κ1) is 13.3. The molecule has 3 nitrogen and oxygen atoms in total. The summed E-state index contributed by atoms with van der Waals surface area (Å²) >= 11 is 2.08. The highest BCUT2D eigenvalue weighted by Crippen LogP contribution is 2.12. The third-order valence-corrected chi connectivity index (χ3v) is 2.82. The first-order valence-electron chi connectivity index (χ1n) is 5.37. The average molecular weight is 333 g/mol. The predicted molar refractivity (Wildman–Crippen MR) is 73.4 cm³/mol. The molecule has 0 saturated carbocycles. The number of hydrogen-bond donors (Lipinski definition) is 1. The van der Waals surface area contributed by atoms with Gasteiger partial charge in [-0.15, -0.1) is 0 Å². The van der Waals surface area contributed by atoms with E-state index >= 15 is 0 Å². The molecule has 0 heterocycles. The van der Waals surface area contributed by atoms with Crippen LogP contribution in [-0.2, 0) is 16.1 Å². The van der Waals surface area contributed by atoms with E-state index in [4.69, 9.17) is 4.74 Å². The summed E-state index contributed by atoms with van der Waals surface area (Å²) in [6, 6.07) is 7.82. The molecule has 0 aliphatic heterocycles. The van der Waals surface area contributed by atoms with Crippen molar-refractivity contribution in [2.24, 2.45) is 0 Å². The third-order valence-electron chi connectivity index (χ3n) is 2.20. The number of unbranched alkanes of at least 4 members (excludes halogenated alkanes) is 1. The van der Waals surface area contributed by atoms with Gasteiger partial charge in [-0.3, -0.25) is 4.79 Å². The first-order chi connectivity index (χ1) is 7.76. The number of halogens is 1. The molecule has 0 amide bonds. The number of esters is 1. The Bertz CT molecular complexity index is 324. The molecule has 88 valence electrons. The summed E-state index contributed by atoms with van der Waals surface area (Å²) in [6.07, 6.45) is 2.44. The van der Waals surface area contributed by atoms with Crippen molar-refractivity contribution in [1.82, 2.24) is 0 Å². The zero-order valence-electron chi connectivity index (χ0n) is 9.33. The second-order valence-corrected chi connectivity index (χ2v) is 4.10. The van der Waals surface area contributed by atoms with Gasteiger partial charge in [-0.1, -0.05) is 25.5 Å². The zero-order chi connectivity index (χ0) is 11.8. The molecule has 1 aromatic rings. The summed E-state index contributed by atoms with van der Waals surface area (Å²) in [6.45, 7) is 2.42. The maximum atomic E-state index is 11.3. The number of hydrogen-bond acceptors (Lipinski definition) is 3. The Morgan fingerprint density at radius 1 is 1.38 bits per heavy atom. The van der Waals surface area contributed by atoms with Crippen molar-refractivity contribution in [3.8, 4) is 0 Å². The molecule has 0 bridgehead atoms. The van der Waals surface area contributed by atoms with Crippen molar-refractivity contribution in [3.63, 3.8) is 0 Å². The summed E-state index contributed by atoms with van der Waals surface area (Å²) in [5, 5.41) is 0. The Morgan fingerprint density at radius 3 is 2.62 bits per heavy atom. The fourth-order valence-electron chi connectivity index (χ4n) is 1.22. The molecule has 0 aliphatic carbocycles. The van der Waals surface area contributed by atoms with Gasteiger partial charge in [0.15, 0.2) is 0 Å². The van der Waals surface area contributed by atoms with Gasteiger partial charge in [0, 0.05) is 12.1 Å². The van der Waals surface area contributed by atoms with Crippen molar-refractivity contribution in [2.75, 3.05) is 3.53 Å². The lowest BCUT2D eigenvalue weighted by atomic mass is 10.2.